The molecule has 1 fully saturated rings. The lowest BCUT2D eigenvalue weighted by molar-refractivity contribution is 0.0288. The van der Waals surface area contributed by atoms with Gasteiger partial charge in [-0.15, -0.1) is 0 Å². The molecule has 0 aromatic heterocycles. The van der Waals surface area contributed by atoms with Gasteiger partial charge in [0.05, 0.1) is 11.8 Å². The second kappa shape index (κ2) is 5.67. The number of halogens is 1. The Kier molecular flexibility index (Phi) is 4.19. The third-order valence-electron chi connectivity index (χ3n) is 3.76. The molecule has 0 radical (unpaired) electrons. The summed E-state index contributed by atoms with van der Waals surface area (Å²) in [5, 5.41) is 9.98. The molecule has 1 aromatic carbocycles. The molecule has 100 valence electrons. The van der Waals surface area contributed by atoms with Crippen molar-refractivity contribution in [2.45, 2.75) is 44.4 Å². The van der Waals surface area contributed by atoms with Gasteiger partial charge in [0.1, 0.15) is 5.82 Å². The first-order valence-electron chi connectivity index (χ1n) is 6.50. The van der Waals surface area contributed by atoms with Crippen molar-refractivity contribution in [2.24, 2.45) is 0 Å². The number of likely N-dealkylation sites (N-methyl/N-ethyl adjacent to an activating group) is 1. The number of benzene rings is 1. The van der Waals surface area contributed by atoms with Gasteiger partial charge in [-0.1, -0.05) is 18.9 Å². The lowest BCUT2D eigenvalue weighted by atomic mass is 9.91. The van der Waals surface area contributed by atoms with E-state index < -0.39 is 0 Å². The monoisotopic (exact) mass is 252 g/mol. The molecular weight excluding hydrogens is 231 g/mol. The summed E-state index contributed by atoms with van der Waals surface area (Å²) < 4.78 is 13.4. The molecule has 0 saturated heterocycles. The maximum atomic E-state index is 13.4. The molecule has 2 unspecified atom stereocenters. The molecule has 3 N–H and O–H groups in total. The molecule has 2 atom stereocenters. The summed E-state index contributed by atoms with van der Waals surface area (Å²) in [6.45, 7) is 0.638. The van der Waals surface area contributed by atoms with Gasteiger partial charge in [0, 0.05) is 12.6 Å². The van der Waals surface area contributed by atoms with Crippen LogP contribution in [0.2, 0.25) is 0 Å². The van der Waals surface area contributed by atoms with Crippen LogP contribution in [0.4, 0.5) is 10.1 Å². The first-order valence-corrected chi connectivity index (χ1v) is 6.50. The van der Waals surface area contributed by atoms with Crippen molar-refractivity contribution in [1.29, 1.82) is 0 Å². The molecular formula is C14H21FN2O. The van der Waals surface area contributed by atoms with Crippen molar-refractivity contribution in [2.75, 3.05) is 12.8 Å². The van der Waals surface area contributed by atoms with E-state index in [1.807, 2.05) is 13.1 Å². The highest BCUT2D eigenvalue weighted by Gasteiger charge is 2.26. The van der Waals surface area contributed by atoms with Crippen LogP contribution in [0.25, 0.3) is 0 Å². The summed E-state index contributed by atoms with van der Waals surface area (Å²) in [5.41, 5.74) is 6.53. The van der Waals surface area contributed by atoms with Crippen molar-refractivity contribution in [3.63, 3.8) is 0 Å². The van der Waals surface area contributed by atoms with Crippen LogP contribution in [0.5, 0.6) is 0 Å². The van der Waals surface area contributed by atoms with E-state index in [0.29, 0.717) is 6.54 Å². The van der Waals surface area contributed by atoms with Crippen molar-refractivity contribution in [1.82, 2.24) is 4.90 Å². The molecule has 0 amide bonds. The van der Waals surface area contributed by atoms with Gasteiger partial charge in [-0.25, -0.2) is 4.39 Å². The van der Waals surface area contributed by atoms with Crippen LogP contribution in [0.15, 0.2) is 18.2 Å². The Morgan fingerprint density at radius 3 is 2.78 bits per heavy atom. The largest absolute Gasteiger partial charge is 0.396 e. The fraction of sp³-hybridized carbons (Fsp3) is 0.571. The summed E-state index contributed by atoms with van der Waals surface area (Å²) in [6.07, 6.45) is 3.87. The average Bonchev–Trinajstić information content (AvgIpc) is 2.34. The minimum Gasteiger partial charge on any atom is -0.396 e. The Labute approximate surface area is 107 Å². The van der Waals surface area contributed by atoms with Gasteiger partial charge in [0.2, 0.25) is 0 Å². The highest BCUT2D eigenvalue weighted by molar-refractivity contribution is 5.41. The number of hydrogen-bond acceptors (Lipinski definition) is 3. The lowest BCUT2D eigenvalue weighted by Gasteiger charge is -2.35. The standard InChI is InChI=1S/C14H21FN2O/c1-17(13-4-2-3-5-14(13)18)9-10-6-7-12(16)11(15)8-10/h6-8,13-14,18H,2-5,9,16H2,1H3. The van der Waals surface area contributed by atoms with E-state index in [1.54, 1.807) is 6.07 Å². The van der Waals surface area contributed by atoms with Gasteiger partial charge in [-0.05, 0) is 37.6 Å². The van der Waals surface area contributed by atoms with E-state index >= 15 is 0 Å². The van der Waals surface area contributed by atoms with Crippen LogP contribution < -0.4 is 5.73 Å². The Morgan fingerprint density at radius 1 is 1.39 bits per heavy atom. The number of aliphatic hydroxyl groups is 1. The number of rotatable bonds is 3. The predicted molar refractivity (Wildman–Crippen MR) is 70.5 cm³/mol. The van der Waals surface area contributed by atoms with E-state index in [1.165, 1.54) is 6.07 Å². The van der Waals surface area contributed by atoms with E-state index in [0.717, 1.165) is 31.2 Å². The first kappa shape index (κ1) is 13.3. The minimum absolute atomic E-state index is 0.180. The molecule has 0 spiro atoms. The molecule has 3 nitrogen and oxygen atoms in total. The van der Waals surface area contributed by atoms with Crippen molar-refractivity contribution >= 4 is 5.69 Å². The minimum atomic E-state index is -0.370. The summed E-state index contributed by atoms with van der Waals surface area (Å²) in [5.74, 6) is -0.370. The molecule has 1 aliphatic carbocycles. The number of nitrogen functional groups attached to an aromatic ring is 1. The molecule has 1 saturated carbocycles. The Hall–Kier alpha value is -1.13. The zero-order valence-electron chi connectivity index (χ0n) is 10.8. The number of anilines is 1. The van der Waals surface area contributed by atoms with Gasteiger partial charge in [-0.2, -0.15) is 0 Å². The Balaban J connectivity index is 2.01. The second-order valence-corrected chi connectivity index (χ2v) is 5.19. The van der Waals surface area contributed by atoms with E-state index in [4.69, 9.17) is 5.73 Å². The lowest BCUT2D eigenvalue weighted by Crippen LogP contribution is -2.42. The van der Waals surface area contributed by atoms with Gasteiger partial charge < -0.3 is 10.8 Å². The van der Waals surface area contributed by atoms with Gasteiger partial charge >= 0.3 is 0 Å². The van der Waals surface area contributed by atoms with Crippen LogP contribution in [-0.2, 0) is 6.54 Å². The first-order chi connectivity index (χ1) is 8.58. The third-order valence-corrected chi connectivity index (χ3v) is 3.76. The maximum Gasteiger partial charge on any atom is 0.146 e. The van der Waals surface area contributed by atoms with Gasteiger partial charge in [0.15, 0.2) is 0 Å². The van der Waals surface area contributed by atoms with E-state index in [2.05, 4.69) is 4.90 Å². The van der Waals surface area contributed by atoms with Crippen molar-refractivity contribution in [3.05, 3.63) is 29.6 Å². The normalized spacial score (nSPS) is 24.4. The third kappa shape index (κ3) is 3.00. The molecule has 2 rings (SSSR count). The average molecular weight is 252 g/mol. The molecule has 1 aromatic rings. The topological polar surface area (TPSA) is 49.5 Å². The highest BCUT2D eigenvalue weighted by Crippen LogP contribution is 2.24. The SMILES string of the molecule is CN(Cc1ccc(N)c(F)c1)C1CCCCC1O. The van der Waals surface area contributed by atoms with Crippen molar-refractivity contribution in [3.8, 4) is 0 Å². The summed E-state index contributed by atoms with van der Waals surface area (Å²) in [4.78, 5) is 2.11. The Morgan fingerprint density at radius 2 is 2.11 bits per heavy atom. The van der Waals surface area contributed by atoms with Crippen LogP contribution in [0, 0.1) is 5.82 Å². The maximum absolute atomic E-state index is 13.4. The van der Waals surface area contributed by atoms with Gasteiger partial charge in [0.25, 0.3) is 0 Å². The fourth-order valence-electron chi connectivity index (χ4n) is 2.68. The number of hydrogen-bond donors (Lipinski definition) is 2. The van der Waals surface area contributed by atoms with Crippen molar-refractivity contribution < 1.29 is 9.50 Å². The fourth-order valence-corrected chi connectivity index (χ4v) is 2.68. The smallest absolute Gasteiger partial charge is 0.146 e. The van der Waals surface area contributed by atoms with E-state index in [-0.39, 0.29) is 23.7 Å². The molecule has 18 heavy (non-hydrogen) atoms. The Bertz CT molecular complexity index is 411. The van der Waals surface area contributed by atoms with E-state index in [9.17, 15) is 9.50 Å². The number of nitrogens with two attached hydrogens (primary N) is 1. The molecule has 4 heteroatoms. The van der Waals surface area contributed by atoms with Crippen LogP contribution in [0.3, 0.4) is 0 Å². The number of aliphatic hydroxyl groups excluding tert-OH is 1. The molecule has 0 heterocycles. The summed E-state index contributed by atoms with van der Waals surface area (Å²) in [7, 11) is 1.98. The zero-order chi connectivity index (χ0) is 13.1. The second-order valence-electron chi connectivity index (χ2n) is 5.19. The predicted octanol–water partition coefficient (Wildman–Crippen LogP) is 2.14. The van der Waals surface area contributed by atoms with Gasteiger partial charge in [-0.3, -0.25) is 4.90 Å². The highest BCUT2D eigenvalue weighted by atomic mass is 19.1. The quantitative estimate of drug-likeness (QED) is 0.810. The molecule has 1 aliphatic rings. The number of nitrogens with zero attached hydrogens (tertiary/aromatic N) is 1. The molecule has 0 aliphatic heterocycles. The molecule has 0 bridgehead atoms. The summed E-state index contributed by atoms with van der Waals surface area (Å²) >= 11 is 0. The van der Waals surface area contributed by atoms with Crippen LogP contribution >= 0.6 is 0 Å². The van der Waals surface area contributed by atoms with Crippen LogP contribution in [-0.4, -0.2) is 29.2 Å². The van der Waals surface area contributed by atoms with Crippen LogP contribution in [0.1, 0.15) is 31.2 Å². The zero-order valence-corrected chi connectivity index (χ0v) is 10.8. The summed E-state index contributed by atoms with van der Waals surface area (Å²) in [6, 6.07) is 5.08.